The Morgan fingerprint density at radius 3 is 2.43 bits per heavy atom. The molecule has 56 heavy (non-hydrogen) atoms. The molecule has 0 radical (unpaired) electrons. The highest BCUT2D eigenvalue weighted by atomic mass is 19.1. The van der Waals surface area contributed by atoms with Crippen LogP contribution in [0.4, 0.5) is 4.39 Å². The van der Waals surface area contributed by atoms with Crippen molar-refractivity contribution in [1.29, 1.82) is 0 Å². The van der Waals surface area contributed by atoms with Gasteiger partial charge in [0.25, 0.3) is 0 Å². The number of aliphatic hydroxyl groups excluding tert-OH is 1. The lowest BCUT2D eigenvalue weighted by Crippen LogP contribution is -2.77. The van der Waals surface area contributed by atoms with Crippen molar-refractivity contribution in [2.75, 3.05) is 6.61 Å². The molecule has 4 heterocycles. The fraction of sp³-hybridized carbons (Fsp3) is 0.814. The number of ether oxygens (including phenoxy) is 6. The third-order valence-electron chi connectivity index (χ3n) is 15.9. The van der Waals surface area contributed by atoms with Crippen molar-refractivity contribution in [3.05, 3.63) is 47.5 Å². The Balaban J connectivity index is 0.983. The Morgan fingerprint density at radius 1 is 0.946 bits per heavy atom. The maximum atomic E-state index is 13.5. The summed E-state index contributed by atoms with van der Waals surface area (Å²) < 4.78 is 54.6. The van der Waals surface area contributed by atoms with Gasteiger partial charge in [-0.25, -0.2) is 9.07 Å². The summed E-state index contributed by atoms with van der Waals surface area (Å²) in [7, 11) is 0. The molecule has 3 unspecified atom stereocenters. The van der Waals surface area contributed by atoms with Crippen LogP contribution in [0, 0.1) is 46.2 Å². The predicted molar refractivity (Wildman–Crippen MR) is 200 cm³/mol. The molecule has 3 saturated heterocycles. The van der Waals surface area contributed by atoms with E-state index in [9.17, 15) is 19.7 Å². The molecule has 310 valence electrons. The minimum atomic E-state index is -1.18. The summed E-state index contributed by atoms with van der Waals surface area (Å²) in [4.78, 5) is 0. The van der Waals surface area contributed by atoms with Crippen LogP contribution in [0.1, 0.15) is 118 Å². The summed E-state index contributed by atoms with van der Waals surface area (Å²) in [6.45, 7) is 17.0. The monoisotopic (exact) mass is 783 g/mol. The fourth-order valence-electron chi connectivity index (χ4n) is 13.3. The lowest BCUT2D eigenvalue weighted by Gasteiger charge is -2.71. The van der Waals surface area contributed by atoms with E-state index in [1.807, 2.05) is 34.6 Å². The Morgan fingerprint density at radius 2 is 1.68 bits per heavy atom. The van der Waals surface area contributed by atoms with Crippen LogP contribution in [0.5, 0.6) is 0 Å². The summed E-state index contributed by atoms with van der Waals surface area (Å²) in [5.41, 5.74) is -2.33. The van der Waals surface area contributed by atoms with E-state index in [4.69, 9.17) is 28.4 Å². The maximum absolute atomic E-state index is 13.5. The van der Waals surface area contributed by atoms with Gasteiger partial charge in [0.15, 0.2) is 17.9 Å². The number of benzene rings is 1. The van der Waals surface area contributed by atoms with Crippen LogP contribution in [0.15, 0.2) is 30.5 Å². The van der Waals surface area contributed by atoms with Crippen molar-refractivity contribution >= 4 is 0 Å². The van der Waals surface area contributed by atoms with E-state index in [0.29, 0.717) is 63.8 Å². The number of fused-ring (bicyclic) bond motifs is 4. The maximum Gasteiger partial charge on any atom is 0.187 e. The van der Waals surface area contributed by atoms with Gasteiger partial charge in [0.05, 0.1) is 60.4 Å². The zero-order chi connectivity index (χ0) is 39.8. The molecule has 7 fully saturated rings. The summed E-state index contributed by atoms with van der Waals surface area (Å²) in [5.74, 6) is -2.22. The zero-order valence-corrected chi connectivity index (χ0v) is 34.2. The number of aromatic nitrogens is 3. The topological polar surface area (TPSA) is 147 Å². The molecule has 1 spiro atoms. The van der Waals surface area contributed by atoms with Crippen molar-refractivity contribution in [3.8, 4) is 0 Å². The Labute approximate surface area is 329 Å². The summed E-state index contributed by atoms with van der Waals surface area (Å²) in [6, 6.07) is 6.26. The first kappa shape index (κ1) is 39.4. The molecule has 9 rings (SSSR count). The third kappa shape index (κ3) is 5.91. The number of halogens is 1. The summed E-state index contributed by atoms with van der Waals surface area (Å²) >= 11 is 0. The van der Waals surface area contributed by atoms with Gasteiger partial charge < -0.3 is 43.7 Å². The van der Waals surface area contributed by atoms with E-state index in [-0.39, 0.29) is 53.7 Å². The number of aliphatic hydroxyl groups is 3. The molecule has 7 aliphatic rings. The van der Waals surface area contributed by atoms with Crippen molar-refractivity contribution in [1.82, 2.24) is 15.0 Å². The second-order valence-corrected chi connectivity index (χ2v) is 19.9. The molecule has 3 aliphatic heterocycles. The first-order valence-corrected chi connectivity index (χ1v) is 21.0. The van der Waals surface area contributed by atoms with Crippen LogP contribution in [0.25, 0.3) is 0 Å². The van der Waals surface area contributed by atoms with Crippen LogP contribution in [0.2, 0.25) is 0 Å². The van der Waals surface area contributed by atoms with Gasteiger partial charge in [-0.15, -0.1) is 5.10 Å². The quantitative estimate of drug-likeness (QED) is 0.312. The van der Waals surface area contributed by atoms with Crippen molar-refractivity contribution in [2.24, 2.45) is 40.4 Å². The lowest BCUT2D eigenvalue weighted by molar-refractivity contribution is -0.405. The number of rotatable bonds is 6. The molecular weight excluding hydrogens is 721 g/mol. The first-order chi connectivity index (χ1) is 26.3. The highest BCUT2D eigenvalue weighted by Gasteiger charge is 2.76. The number of hydrogen-bond acceptors (Lipinski definition) is 11. The van der Waals surface area contributed by atoms with Crippen LogP contribution in [-0.4, -0.2) is 96.5 Å². The number of nitrogens with zero attached hydrogens (tertiary/aromatic N) is 3. The van der Waals surface area contributed by atoms with Crippen molar-refractivity contribution < 1.29 is 48.1 Å². The minimum Gasteiger partial charge on any atom is -0.389 e. The number of hydrogen-bond donors (Lipinski definition) is 3. The van der Waals surface area contributed by atoms with Gasteiger partial charge in [-0.1, -0.05) is 38.1 Å². The summed E-state index contributed by atoms with van der Waals surface area (Å²) in [6.07, 6.45) is 2.62. The second kappa shape index (κ2) is 13.2. The molecule has 12 nitrogen and oxygen atoms in total. The van der Waals surface area contributed by atoms with E-state index >= 15 is 0 Å². The Bertz CT molecular complexity index is 1790. The minimum absolute atomic E-state index is 0.0727. The van der Waals surface area contributed by atoms with E-state index < -0.39 is 58.2 Å². The van der Waals surface area contributed by atoms with E-state index in [1.54, 1.807) is 23.0 Å². The fourth-order valence-corrected chi connectivity index (χ4v) is 13.3. The van der Waals surface area contributed by atoms with E-state index in [2.05, 4.69) is 31.1 Å². The molecule has 4 saturated carbocycles. The van der Waals surface area contributed by atoms with Crippen molar-refractivity contribution in [2.45, 2.75) is 173 Å². The Kier molecular flexibility index (Phi) is 9.30. The normalized spacial score (nSPS) is 48.2. The van der Waals surface area contributed by atoms with Crippen molar-refractivity contribution in [3.63, 3.8) is 0 Å². The molecule has 1 aromatic heterocycles. The standard InChI is InChI=1S/C43H62FN3O9/c1-23-18-40(8)30(34(48)31-21-47(46-45-31)20-26-9-11-27(44)12-10-26)14-16-43(40,50)29-13-15-41(49)19-28(17-32-42(41,33(23)29)22-51-38(4,5)54-32)53-37-36-35(24(2)25(3)52-37)55-39(6,7)56-36/h9-12,21,23-25,28-30,32-37,48-50H,13-20,22H2,1-8H3/t23-,24+,25+,28+,29?,30-,32-,33?,34?,35-,36-,37+,40-,41+,42-,43+/m1/s1. The van der Waals surface area contributed by atoms with Gasteiger partial charge in [-0.2, -0.15) is 0 Å². The molecule has 2 aromatic rings. The van der Waals surface area contributed by atoms with Crippen LogP contribution in [0.3, 0.4) is 0 Å². The molecule has 4 aliphatic carbocycles. The molecule has 13 heteroatoms. The molecule has 16 atom stereocenters. The smallest absolute Gasteiger partial charge is 0.187 e. The molecule has 1 aromatic carbocycles. The molecular formula is C43H62FN3O9. The third-order valence-corrected chi connectivity index (χ3v) is 15.9. The zero-order valence-electron chi connectivity index (χ0n) is 34.2. The second-order valence-electron chi connectivity index (χ2n) is 19.9. The predicted octanol–water partition coefficient (Wildman–Crippen LogP) is 5.66. The van der Waals surface area contributed by atoms with Gasteiger partial charge in [0.2, 0.25) is 0 Å². The SMILES string of the molecule is C[C@@H]1[C@H]2OC(C)(C)O[C@H]2[C@H](O[C@H]2C[C@H]3OC(C)(C)OC[C@]34C3C(CC[C@]4(O)C2)[C@@]2(O)CC[C@H](C(O)c4cn(Cc5ccc(F)cc5)nn4)[C@@]2(C)C[C@H]3C)O[C@H]1C. The van der Waals surface area contributed by atoms with Crippen LogP contribution < -0.4 is 0 Å². The Hall–Kier alpha value is -2.07. The van der Waals surface area contributed by atoms with Gasteiger partial charge in [-0.05, 0) is 108 Å². The lowest BCUT2D eigenvalue weighted by atomic mass is 9.38. The average Bonchev–Trinajstić information content (AvgIpc) is 3.80. The van der Waals surface area contributed by atoms with E-state index in [1.165, 1.54) is 12.1 Å². The molecule has 0 amide bonds. The van der Waals surface area contributed by atoms with Crippen LogP contribution >= 0.6 is 0 Å². The highest BCUT2D eigenvalue weighted by Crippen LogP contribution is 2.73. The van der Waals surface area contributed by atoms with E-state index in [0.717, 1.165) is 5.56 Å². The van der Waals surface area contributed by atoms with Gasteiger partial charge in [0.1, 0.15) is 23.7 Å². The molecule has 3 N–H and O–H groups in total. The first-order valence-electron chi connectivity index (χ1n) is 21.0. The largest absolute Gasteiger partial charge is 0.389 e. The van der Waals surface area contributed by atoms with Gasteiger partial charge in [-0.3, -0.25) is 0 Å². The summed E-state index contributed by atoms with van der Waals surface area (Å²) in [5, 5.41) is 47.0. The van der Waals surface area contributed by atoms with Crippen LogP contribution in [-0.2, 0) is 35.0 Å². The molecule has 0 bridgehead atoms. The van der Waals surface area contributed by atoms with Gasteiger partial charge >= 0.3 is 0 Å². The highest BCUT2D eigenvalue weighted by molar-refractivity contribution is 5.26. The average molecular weight is 784 g/mol. The van der Waals surface area contributed by atoms with Gasteiger partial charge in [0, 0.05) is 24.2 Å².